The molecule has 0 heterocycles. The third-order valence-electron chi connectivity index (χ3n) is 2.65. The summed E-state index contributed by atoms with van der Waals surface area (Å²) in [5, 5.41) is 5.76. The number of rotatable bonds is 5. The Labute approximate surface area is 91.8 Å². The molecule has 88 valence electrons. The second-order valence-electron chi connectivity index (χ2n) is 4.65. The molecule has 0 saturated heterocycles. The molecule has 0 aromatic carbocycles. The molecule has 2 amide bonds. The van der Waals surface area contributed by atoms with E-state index in [1.807, 2.05) is 20.8 Å². The van der Waals surface area contributed by atoms with Gasteiger partial charge in [-0.25, -0.2) is 4.79 Å². The molecule has 0 aliphatic heterocycles. The smallest absolute Gasteiger partial charge is 0.315 e. The van der Waals surface area contributed by atoms with Crippen molar-refractivity contribution in [2.24, 2.45) is 0 Å². The Balaban J connectivity index is 2.14. The van der Waals surface area contributed by atoms with Crippen LogP contribution in [-0.2, 0) is 4.74 Å². The minimum atomic E-state index is -0.286. The Hall–Kier alpha value is -0.770. The number of nitrogens with one attached hydrogen (secondary N) is 2. The van der Waals surface area contributed by atoms with E-state index >= 15 is 0 Å². The molecule has 1 rings (SSSR count). The molecule has 0 atom stereocenters. The van der Waals surface area contributed by atoms with Gasteiger partial charge in [-0.3, -0.25) is 0 Å². The van der Waals surface area contributed by atoms with E-state index < -0.39 is 0 Å². The molecule has 1 aliphatic rings. The molecule has 0 aromatic rings. The van der Waals surface area contributed by atoms with Gasteiger partial charge in [-0.15, -0.1) is 0 Å². The van der Waals surface area contributed by atoms with Crippen molar-refractivity contribution in [3.8, 4) is 0 Å². The fourth-order valence-corrected chi connectivity index (χ4v) is 1.52. The fourth-order valence-electron chi connectivity index (χ4n) is 1.52. The number of hydrogen-bond acceptors (Lipinski definition) is 2. The quantitative estimate of drug-likeness (QED) is 0.731. The summed E-state index contributed by atoms with van der Waals surface area (Å²) in [4.78, 5) is 11.4. The third kappa shape index (κ3) is 4.51. The van der Waals surface area contributed by atoms with Gasteiger partial charge in [-0.1, -0.05) is 0 Å². The van der Waals surface area contributed by atoms with Crippen LogP contribution in [-0.4, -0.2) is 30.8 Å². The predicted octanol–water partition coefficient (Wildman–Crippen LogP) is 1.65. The summed E-state index contributed by atoms with van der Waals surface area (Å²) in [5.74, 6) is 0. The van der Waals surface area contributed by atoms with Crippen LogP contribution in [0.25, 0.3) is 0 Å². The van der Waals surface area contributed by atoms with E-state index in [1.165, 1.54) is 6.42 Å². The van der Waals surface area contributed by atoms with Gasteiger partial charge in [0.2, 0.25) is 0 Å². The Kier molecular flexibility index (Phi) is 4.39. The zero-order chi connectivity index (χ0) is 11.3. The topological polar surface area (TPSA) is 50.4 Å². The second kappa shape index (κ2) is 5.35. The van der Waals surface area contributed by atoms with Gasteiger partial charge >= 0.3 is 6.03 Å². The van der Waals surface area contributed by atoms with Crippen LogP contribution < -0.4 is 10.6 Å². The molecular weight excluding hydrogens is 192 g/mol. The number of hydrogen-bond donors (Lipinski definition) is 2. The van der Waals surface area contributed by atoms with Crippen LogP contribution in [0.2, 0.25) is 0 Å². The summed E-state index contributed by atoms with van der Waals surface area (Å²) in [6, 6.07) is 0.313. The van der Waals surface area contributed by atoms with Gasteiger partial charge in [0.15, 0.2) is 0 Å². The van der Waals surface area contributed by atoms with E-state index in [4.69, 9.17) is 4.74 Å². The molecule has 4 nitrogen and oxygen atoms in total. The van der Waals surface area contributed by atoms with Crippen LogP contribution in [0.3, 0.4) is 0 Å². The summed E-state index contributed by atoms with van der Waals surface area (Å²) in [6.07, 6.45) is 3.46. The van der Waals surface area contributed by atoms with Crippen molar-refractivity contribution in [2.45, 2.75) is 51.7 Å². The monoisotopic (exact) mass is 214 g/mol. The van der Waals surface area contributed by atoms with Crippen molar-refractivity contribution < 1.29 is 9.53 Å². The average molecular weight is 214 g/mol. The first-order chi connectivity index (χ1) is 7.03. The molecule has 0 bridgehead atoms. The molecule has 15 heavy (non-hydrogen) atoms. The van der Waals surface area contributed by atoms with Gasteiger partial charge in [0.1, 0.15) is 0 Å². The highest BCUT2D eigenvalue weighted by molar-refractivity contribution is 5.74. The lowest BCUT2D eigenvalue weighted by atomic mass is 9.93. The van der Waals surface area contributed by atoms with Crippen LogP contribution in [0.5, 0.6) is 0 Å². The zero-order valence-corrected chi connectivity index (χ0v) is 9.93. The molecule has 0 spiro atoms. The van der Waals surface area contributed by atoms with E-state index in [1.54, 1.807) is 0 Å². The molecular formula is C11H22N2O2. The number of ether oxygens (including phenoxy) is 1. The fraction of sp³-hybridized carbons (Fsp3) is 0.909. The largest absolute Gasteiger partial charge is 0.374 e. The maximum Gasteiger partial charge on any atom is 0.315 e. The van der Waals surface area contributed by atoms with Crippen molar-refractivity contribution >= 4 is 6.03 Å². The van der Waals surface area contributed by atoms with E-state index in [0.717, 1.165) is 12.8 Å². The van der Waals surface area contributed by atoms with Crippen molar-refractivity contribution in [3.63, 3.8) is 0 Å². The van der Waals surface area contributed by atoms with Crippen molar-refractivity contribution in [1.29, 1.82) is 0 Å². The molecule has 4 heteroatoms. The van der Waals surface area contributed by atoms with Crippen molar-refractivity contribution in [1.82, 2.24) is 10.6 Å². The van der Waals surface area contributed by atoms with Gasteiger partial charge in [-0.2, -0.15) is 0 Å². The summed E-state index contributed by atoms with van der Waals surface area (Å²) >= 11 is 0. The molecule has 1 fully saturated rings. The van der Waals surface area contributed by atoms with Crippen LogP contribution in [0.15, 0.2) is 0 Å². The van der Waals surface area contributed by atoms with Crippen LogP contribution in [0, 0.1) is 0 Å². The third-order valence-corrected chi connectivity index (χ3v) is 2.65. The Morgan fingerprint density at radius 3 is 2.60 bits per heavy atom. The summed E-state index contributed by atoms with van der Waals surface area (Å²) in [5.41, 5.74) is -0.286. The standard InChI is InChI=1S/C11H22N2O2/c1-4-15-11(2,3)8-12-10(14)13-9-6-5-7-9/h9H,4-8H2,1-3H3,(H2,12,13,14). The lowest BCUT2D eigenvalue weighted by Crippen LogP contribution is -2.49. The minimum absolute atomic E-state index is 0.0764. The Bertz CT molecular complexity index is 213. The molecule has 0 unspecified atom stereocenters. The lowest BCUT2D eigenvalue weighted by molar-refractivity contribution is -0.00699. The lowest BCUT2D eigenvalue weighted by Gasteiger charge is -2.28. The van der Waals surface area contributed by atoms with Gasteiger partial charge < -0.3 is 15.4 Å². The van der Waals surface area contributed by atoms with Gasteiger partial charge in [0.05, 0.1) is 5.60 Å². The molecule has 0 radical (unpaired) electrons. The minimum Gasteiger partial charge on any atom is -0.374 e. The molecule has 2 N–H and O–H groups in total. The van der Waals surface area contributed by atoms with Crippen LogP contribution >= 0.6 is 0 Å². The number of carbonyl (C=O) groups excluding carboxylic acids is 1. The zero-order valence-electron chi connectivity index (χ0n) is 9.93. The second-order valence-corrected chi connectivity index (χ2v) is 4.65. The van der Waals surface area contributed by atoms with E-state index in [2.05, 4.69) is 10.6 Å². The first-order valence-electron chi connectivity index (χ1n) is 5.72. The van der Waals surface area contributed by atoms with Crippen molar-refractivity contribution in [3.05, 3.63) is 0 Å². The van der Waals surface area contributed by atoms with Gasteiger partial charge in [0, 0.05) is 19.2 Å². The highest BCUT2D eigenvalue weighted by atomic mass is 16.5. The average Bonchev–Trinajstić information content (AvgIpc) is 2.08. The SMILES string of the molecule is CCOC(C)(C)CNC(=O)NC1CCC1. The molecule has 1 saturated carbocycles. The van der Waals surface area contributed by atoms with E-state index in [9.17, 15) is 4.79 Å². The Morgan fingerprint density at radius 2 is 2.13 bits per heavy atom. The predicted molar refractivity (Wildman–Crippen MR) is 59.9 cm³/mol. The highest BCUT2D eigenvalue weighted by Crippen LogP contribution is 2.17. The van der Waals surface area contributed by atoms with Crippen molar-refractivity contribution in [2.75, 3.05) is 13.2 Å². The van der Waals surface area contributed by atoms with E-state index in [0.29, 0.717) is 19.2 Å². The first kappa shape index (κ1) is 12.3. The highest BCUT2D eigenvalue weighted by Gasteiger charge is 2.22. The normalized spacial score (nSPS) is 17.0. The number of carbonyl (C=O) groups is 1. The number of amides is 2. The van der Waals surface area contributed by atoms with E-state index in [-0.39, 0.29) is 11.6 Å². The summed E-state index contributed by atoms with van der Waals surface area (Å²) < 4.78 is 5.48. The molecule has 0 aromatic heterocycles. The summed E-state index contributed by atoms with van der Waals surface area (Å²) in [6.45, 7) is 7.11. The van der Waals surface area contributed by atoms with Gasteiger partial charge in [0.25, 0.3) is 0 Å². The Morgan fingerprint density at radius 1 is 1.47 bits per heavy atom. The summed E-state index contributed by atoms with van der Waals surface area (Å²) in [7, 11) is 0. The maximum atomic E-state index is 11.4. The van der Waals surface area contributed by atoms with Gasteiger partial charge in [-0.05, 0) is 40.0 Å². The first-order valence-corrected chi connectivity index (χ1v) is 5.72. The number of urea groups is 1. The maximum absolute atomic E-state index is 11.4. The van der Waals surface area contributed by atoms with Crippen LogP contribution in [0.4, 0.5) is 4.79 Å². The molecule has 1 aliphatic carbocycles. The van der Waals surface area contributed by atoms with Crippen LogP contribution in [0.1, 0.15) is 40.0 Å².